The van der Waals surface area contributed by atoms with Crippen LogP contribution in [0.5, 0.6) is 11.5 Å². The Morgan fingerprint density at radius 3 is 2.57 bits per heavy atom. The first kappa shape index (κ1) is 23.6. The van der Waals surface area contributed by atoms with E-state index in [2.05, 4.69) is 5.32 Å². The summed E-state index contributed by atoms with van der Waals surface area (Å²) in [5.74, 6) is -0.150. The molecule has 1 heterocycles. The number of rotatable bonds is 6. The van der Waals surface area contributed by atoms with E-state index < -0.39 is 11.7 Å². The van der Waals surface area contributed by atoms with Gasteiger partial charge in [-0.25, -0.2) is 4.39 Å². The molecule has 2 aromatic rings. The molecule has 1 aliphatic rings. The van der Waals surface area contributed by atoms with Gasteiger partial charge in [-0.3, -0.25) is 9.59 Å². The van der Waals surface area contributed by atoms with Crippen molar-refractivity contribution in [2.45, 2.75) is 32.2 Å². The Labute approximate surface area is 182 Å². The van der Waals surface area contributed by atoms with Crippen LogP contribution in [0.2, 0.25) is 0 Å². The average molecular weight is 436 g/mol. The van der Waals surface area contributed by atoms with Crippen molar-refractivity contribution in [2.75, 3.05) is 19.6 Å². The fourth-order valence-corrected chi connectivity index (χ4v) is 3.50. The fraction of sp³-hybridized carbons (Fsp3) is 0.364. The van der Waals surface area contributed by atoms with Gasteiger partial charge in [0.2, 0.25) is 5.91 Å². The van der Waals surface area contributed by atoms with Crippen LogP contribution in [0.1, 0.15) is 35.7 Å². The highest BCUT2D eigenvalue weighted by Gasteiger charge is 2.26. The van der Waals surface area contributed by atoms with Gasteiger partial charge in [0.15, 0.2) is 0 Å². The van der Waals surface area contributed by atoms with E-state index in [1.807, 2.05) is 24.3 Å². The van der Waals surface area contributed by atoms with Crippen LogP contribution in [0.4, 0.5) is 4.39 Å². The van der Waals surface area contributed by atoms with E-state index >= 15 is 0 Å². The predicted octanol–water partition coefficient (Wildman–Crippen LogP) is 3.28. The summed E-state index contributed by atoms with van der Waals surface area (Å²) < 4.78 is 20.2. The van der Waals surface area contributed by atoms with E-state index in [-0.39, 0.29) is 29.9 Å². The van der Waals surface area contributed by atoms with Crippen molar-refractivity contribution in [2.24, 2.45) is 5.73 Å². The monoisotopic (exact) mass is 435 g/mol. The predicted molar refractivity (Wildman–Crippen MR) is 116 cm³/mol. The molecule has 0 aromatic heterocycles. The minimum absolute atomic E-state index is 0. The maximum absolute atomic E-state index is 14.4. The lowest BCUT2D eigenvalue weighted by Gasteiger charge is -2.33. The van der Waals surface area contributed by atoms with Gasteiger partial charge in [-0.15, -0.1) is 12.4 Å². The van der Waals surface area contributed by atoms with Crippen molar-refractivity contribution in [3.05, 3.63) is 59.4 Å². The summed E-state index contributed by atoms with van der Waals surface area (Å²) in [5.41, 5.74) is 6.62. The second-order valence-electron chi connectivity index (χ2n) is 7.22. The molecular weight excluding hydrogens is 409 g/mol. The molecule has 8 heteroatoms. The van der Waals surface area contributed by atoms with Crippen molar-refractivity contribution >= 4 is 24.2 Å². The maximum atomic E-state index is 14.4. The van der Waals surface area contributed by atoms with E-state index in [9.17, 15) is 14.0 Å². The van der Waals surface area contributed by atoms with Gasteiger partial charge in [0.05, 0.1) is 5.56 Å². The van der Waals surface area contributed by atoms with Crippen LogP contribution in [0, 0.1) is 5.82 Å². The molecule has 1 atom stereocenters. The molecule has 0 spiro atoms. The van der Waals surface area contributed by atoms with E-state index in [1.54, 1.807) is 4.90 Å². The smallest absolute Gasteiger partial charge is 0.257 e. The topological polar surface area (TPSA) is 84.7 Å². The van der Waals surface area contributed by atoms with Crippen molar-refractivity contribution in [3.63, 3.8) is 0 Å². The standard InChI is InChI=1S/C22H26FN3O3.ClH/c1-15(27)25-17-3-2-12-26(14-17)22(28)20-13-19(8-9-21(20)23)29-18-6-4-16(5-7-18)10-11-24;/h4-9,13,17H,2-3,10-12,14,24H2,1H3,(H,25,27);1H. The average Bonchev–Trinajstić information content (AvgIpc) is 2.70. The number of carbonyl (C=O) groups excluding carboxylic acids is 2. The van der Waals surface area contributed by atoms with Gasteiger partial charge in [-0.1, -0.05) is 12.1 Å². The molecule has 0 aliphatic carbocycles. The zero-order valence-electron chi connectivity index (χ0n) is 16.9. The molecule has 162 valence electrons. The molecule has 1 fully saturated rings. The molecule has 3 rings (SSSR count). The van der Waals surface area contributed by atoms with Gasteiger partial charge < -0.3 is 20.7 Å². The summed E-state index contributed by atoms with van der Waals surface area (Å²) in [6, 6.07) is 11.5. The first-order valence-electron chi connectivity index (χ1n) is 9.79. The highest BCUT2D eigenvalue weighted by Crippen LogP contribution is 2.25. The lowest BCUT2D eigenvalue weighted by molar-refractivity contribution is -0.120. The molecule has 0 bridgehead atoms. The number of hydrogen-bond donors (Lipinski definition) is 2. The van der Waals surface area contributed by atoms with Crippen molar-refractivity contribution in [1.82, 2.24) is 10.2 Å². The Kier molecular flexibility index (Phi) is 8.62. The lowest BCUT2D eigenvalue weighted by Crippen LogP contribution is -2.49. The van der Waals surface area contributed by atoms with E-state index in [0.29, 0.717) is 31.1 Å². The molecule has 0 radical (unpaired) electrons. The van der Waals surface area contributed by atoms with Crippen molar-refractivity contribution in [1.29, 1.82) is 0 Å². The number of carbonyl (C=O) groups is 2. The van der Waals surface area contributed by atoms with Crippen molar-refractivity contribution < 1.29 is 18.7 Å². The molecule has 0 saturated carbocycles. The van der Waals surface area contributed by atoms with E-state index in [1.165, 1.54) is 25.1 Å². The van der Waals surface area contributed by atoms with Crippen LogP contribution in [-0.4, -0.2) is 42.4 Å². The number of piperidine rings is 1. The number of amides is 2. The molecule has 1 saturated heterocycles. The summed E-state index contributed by atoms with van der Waals surface area (Å²) >= 11 is 0. The Balaban J connectivity index is 0.00000320. The van der Waals surface area contributed by atoms with Gasteiger partial charge in [0, 0.05) is 26.1 Å². The Morgan fingerprint density at radius 1 is 1.20 bits per heavy atom. The number of halogens is 2. The Morgan fingerprint density at radius 2 is 1.90 bits per heavy atom. The van der Waals surface area contributed by atoms with Crippen LogP contribution in [-0.2, 0) is 11.2 Å². The number of hydrogen-bond acceptors (Lipinski definition) is 4. The number of likely N-dealkylation sites (tertiary alicyclic amines) is 1. The Hall–Kier alpha value is -2.64. The Bertz CT molecular complexity index is 876. The van der Waals surface area contributed by atoms with Gasteiger partial charge in [0.1, 0.15) is 17.3 Å². The third-order valence-corrected chi connectivity index (χ3v) is 4.88. The quantitative estimate of drug-likeness (QED) is 0.729. The van der Waals surface area contributed by atoms with Crippen molar-refractivity contribution in [3.8, 4) is 11.5 Å². The molecule has 2 amide bonds. The number of benzene rings is 2. The normalized spacial score (nSPS) is 15.8. The minimum Gasteiger partial charge on any atom is -0.457 e. The van der Waals surface area contributed by atoms with Crippen LogP contribution in [0.15, 0.2) is 42.5 Å². The van der Waals surface area contributed by atoms with E-state index in [0.717, 1.165) is 24.8 Å². The summed E-state index contributed by atoms with van der Waals surface area (Å²) in [6.07, 6.45) is 2.34. The first-order chi connectivity index (χ1) is 14.0. The largest absolute Gasteiger partial charge is 0.457 e. The lowest BCUT2D eigenvalue weighted by atomic mass is 10.0. The van der Waals surface area contributed by atoms with Crippen LogP contribution >= 0.6 is 12.4 Å². The molecule has 6 nitrogen and oxygen atoms in total. The number of nitrogens with two attached hydrogens (primary N) is 1. The van der Waals surface area contributed by atoms with Crippen LogP contribution in [0.25, 0.3) is 0 Å². The van der Waals surface area contributed by atoms with E-state index in [4.69, 9.17) is 10.5 Å². The third-order valence-electron chi connectivity index (χ3n) is 4.88. The summed E-state index contributed by atoms with van der Waals surface area (Å²) in [7, 11) is 0. The molecule has 1 aliphatic heterocycles. The summed E-state index contributed by atoms with van der Waals surface area (Å²) in [4.78, 5) is 25.7. The molecular formula is C22H27ClFN3O3. The second kappa shape index (κ2) is 10.9. The first-order valence-corrected chi connectivity index (χ1v) is 9.79. The third kappa shape index (κ3) is 6.18. The van der Waals surface area contributed by atoms with Gasteiger partial charge in [0.25, 0.3) is 5.91 Å². The molecule has 3 N–H and O–H groups in total. The van der Waals surface area contributed by atoms with Gasteiger partial charge >= 0.3 is 0 Å². The maximum Gasteiger partial charge on any atom is 0.257 e. The second-order valence-corrected chi connectivity index (χ2v) is 7.22. The minimum atomic E-state index is -0.595. The van der Waals surface area contributed by atoms with Crippen LogP contribution < -0.4 is 15.8 Å². The zero-order valence-corrected chi connectivity index (χ0v) is 17.7. The summed E-state index contributed by atoms with van der Waals surface area (Å²) in [6.45, 7) is 2.92. The molecule has 2 aromatic carbocycles. The van der Waals surface area contributed by atoms with Gasteiger partial charge in [-0.05, 0) is 61.7 Å². The summed E-state index contributed by atoms with van der Waals surface area (Å²) in [5, 5.41) is 2.83. The fourth-order valence-electron chi connectivity index (χ4n) is 3.50. The molecule has 30 heavy (non-hydrogen) atoms. The SMILES string of the molecule is CC(=O)NC1CCCN(C(=O)c2cc(Oc3ccc(CCN)cc3)ccc2F)C1.Cl. The highest BCUT2D eigenvalue weighted by molar-refractivity contribution is 5.95. The zero-order chi connectivity index (χ0) is 20.8. The number of nitrogens with zero attached hydrogens (tertiary/aromatic N) is 1. The number of nitrogens with one attached hydrogen (secondary N) is 1. The molecule has 1 unspecified atom stereocenters. The number of ether oxygens (including phenoxy) is 1. The highest BCUT2D eigenvalue weighted by atomic mass is 35.5. The van der Waals surface area contributed by atoms with Crippen LogP contribution in [0.3, 0.4) is 0 Å². The van der Waals surface area contributed by atoms with Gasteiger partial charge in [-0.2, -0.15) is 0 Å².